The Bertz CT molecular complexity index is 393. The molecule has 0 amide bonds. The maximum absolute atomic E-state index is 5.77. The Morgan fingerprint density at radius 3 is 2.33 bits per heavy atom. The van der Waals surface area contributed by atoms with Crippen molar-refractivity contribution in [2.24, 2.45) is 11.8 Å². The Hall–Kier alpha value is -0.420. The summed E-state index contributed by atoms with van der Waals surface area (Å²) in [5.41, 5.74) is 6.79. The summed E-state index contributed by atoms with van der Waals surface area (Å²) < 4.78 is 6.61. The summed E-state index contributed by atoms with van der Waals surface area (Å²) in [6, 6.07) is 4.66. The van der Waals surface area contributed by atoms with E-state index in [4.69, 9.17) is 10.6 Å². The summed E-state index contributed by atoms with van der Waals surface area (Å²) >= 11 is 3.61. The van der Waals surface area contributed by atoms with Crippen LogP contribution in [0.25, 0.3) is 0 Å². The Morgan fingerprint density at radius 2 is 1.83 bits per heavy atom. The fourth-order valence-electron chi connectivity index (χ4n) is 2.71. The minimum absolute atomic E-state index is 0.222. The Kier molecular flexibility index (Phi) is 4.78. The fraction of sp³-hybridized carbons (Fsp3) is 0.571. The number of rotatable bonds is 3. The number of hydrazine groups is 1. The molecule has 1 aliphatic heterocycles. The van der Waals surface area contributed by atoms with Crippen molar-refractivity contribution in [1.29, 1.82) is 0 Å². The molecule has 0 radical (unpaired) electrons. The second kappa shape index (κ2) is 6.15. The predicted octanol–water partition coefficient (Wildman–Crippen LogP) is 3.00. The van der Waals surface area contributed by atoms with Crippen molar-refractivity contribution in [2.45, 2.75) is 32.7 Å². The van der Waals surface area contributed by atoms with Crippen LogP contribution < -0.4 is 11.3 Å². The number of halogens is 1. The van der Waals surface area contributed by atoms with E-state index in [0.717, 1.165) is 26.1 Å². The first kappa shape index (κ1) is 14.0. The van der Waals surface area contributed by atoms with Gasteiger partial charge in [0.15, 0.2) is 0 Å². The van der Waals surface area contributed by atoms with Gasteiger partial charge in [-0.3, -0.25) is 11.3 Å². The lowest BCUT2D eigenvalue weighted by atomic mass is 9.86. The molecule has 0 aliphatic carbocycles. The molecule has 1 saturated heterocycles. The first-order chi connectivity index (χ1) is 8.63. The molecular weight excluding hydrogens is 292 g/mol. The minimum atomic E-state index is 0.222. The van der Waals surface area contributed by atoms with Crippen molar-refractivity contribution >= 4 is 15.9 Å². The molecule has 3 N–H and O–H groups in total. The van der Waals surface area contributed by atoms with E-state index in [0.29, 0.717) is 5.92 Å². The van der Waals surface area contributed by atoms with Gasteiger partial charge in [0.05, 0.1) is 0 Å². The highest BCUT2D eigenvalue weighted by Crippen LogP contribution is 2.32. The van der Waals surface area contributed by atoms with Crippen LogP contribution in [0.4, 0.5) is 0 Å². The molecule has 0 spiro atoms. The second-order valence-corrected chi connectivity index (χ2v) is 5.86. The fourth-order valence-corrected chi connectivity index (χ4v) is 2.94. The number of benzene rings is 1. The van der Waals surface area contributed by atoms with E-state index >= 15 is 0 Å². The number of ether oxygens (including phenoxy) is 1. The zero-order valence-electron chi connectivity index (χ0n) is 11.0. The van der Waals surface area contributed by atoms with Gasteiger partial charge in [0.2, 0.25) is 0 Å². The molecule has 1 heterocycles. The normalized spacial score (nSPS) is 18.9. The van der Waals surface area contributed by atoms with Crippen molar-refractivity contribution in [1.82, 2.24) is 5.43 Å². The van der Waals surface area contributed by atoms with Gasteiger partial charge in [-0.1, -0.05) is 28.1 Å². The van der Waals surface area contributed by atoms with Crippen LogP contribution in [0.1, 0.15) is 35.6 Å². The lowest BCUT2D eigenvalue weighted by Gasteiger charge is -2.30. The van der Waals surface area contributed by atoms with E-state index < -0.39 is 0 Å². The first-order valence-corrected chi connectivity index (χ1v) is 7.23. The third-order valence-electron chi connectivity index (χ3n) is 3.73. The maximum Gasteiger partial charge on any atom is 0.0490 e. The molecule has 100 valence electrons. The van der Waals surface area contributed by atoms with Crippen LogP contribution in [0.2, 0.25) is 0 Å². The lowest BCUT2D eigenvalue weighted by molar-refractivity contribution is 0.0536. The molecule has 2 rings (SSSR count). The SMILES string of the molecule is Cc1cc(C(NN)C2CCOCC2)cc(C)c1Br. The van der Waals surface area contributed by atoms with Crippen molar-refractivity contribution in [3.8, 4) is 0 Å². The molecule has 0 saturated carbocycles. The molecular formula is C14H21BrN2O. The van der Waals surface area contributed by atoms with Crippen LogP contribution >= 0.6 is 15.9 Å². The van der Waals surface area contributed by atoms with Crippen LogP contribution in [-0.2, 0) is 4.74 Å². The van der Waals surface area contributed by atoms with Gasteiger partial charge < -0.3 is 4.74 Å². The van der Waals surface area contributed by atoms with E-state index in [1.807, 2.05) is 0 Å². The van der Waals surface area contributed by atoms with Gasteiger partial charge in [-0.05, 0) is 49.3 Å². The van der Waals surface area contributed by atoms with Gasteiger partial charge in [-0.2, -0.15) is 0 Å². The highest BCUT2D eigenvalue weighted by molar-refractivity contribution is 9.10. The van der Waals surface area contributed by atoms with Crippen LogP contribution in [0.3, 0.4) is 0 Å². The standard InChI is InChI=1S/C14H21BrN2O/c1-9-7-12(8-10(2)13(9)15)14(17-16)11-3-5-18-6-4-11/h7-8,11,14,17H,3-6,16H2,1-2H3. The zero-order chi connectivity index (χ0) is 13.1. The summed E-state index contributed by atoms with van der Waals surface area (Å²) in [6.45, 7) is 5.94. The molecule has 18 heavy (non-hydrogen) atoms. The second-order valence-electron chi connectivity index (χ2n) is 5.06. The topological polar surface area (TPSA) is 47.3 Å². The highest BCUT2D eigenvalue weighted by Gasteiger charge is 2.25. The Labute approximate surface area is 117 Å². The summed E-state index contributed by atoms with van der Waals surface area (Å²) in [5, 5.41) is 0. The van der Waals surface area contributed by atoms with Crippen molar-refractivity contribution in [3.05, 3.63) is 33.3 Å². The van der Waals surface area contributed by atoms with Gasteiger partial charge in [-0.15, -0.1) is 0 Å². The zero-order valence-corrected chi connectivity index (χ0v) is 12.6. The van der Waals surface area contributed by atoms with Crippen LogP contribution in [0.5, 0.6) is 0 Å². The van der Waals surface area contributed by atoms with E-state index in [9.17, 15) is 0 Å². The summed E-state index contributed by atoms with van der Waals surface area (Å²) in [5.74, 6) is 6.33. The van der Waals surface area contributed by atoms with Crippen LogP contribution in [0.15, 0.2) is 16.6 Å². The summed E-state index contributed by atoms with van der Waals surface area (Å²) in [7, 11) is 0. The van der Waals surface area contributed by atoms with Crippen LogP contribution in [-0.4, -0.2) is 13.2 Å². The predicted molar refractivity (Wildman–Crippen MR) is 77.2 cm³/mol. The quantitative estimate of drug-likeness (QED) is 0.666. The van der Waals surface area contributed by atoms with E-state index in [2.05, 4.69) is 47.3 Å². The van der Waals surface area contributed by atoms with Crippen molar-refractivity contribution < 1.29 is 4.74 Å². The average Bonchev–Trinajstić information content (AvgIpc) is 2.38. The van der Waals surface area contributed by atoms with Gasteiger partial charge >= 0.3 is 0 Å². The summed E-state index contributed by atoms with van der Waals surface area (Å²) in [6.07, 6.45) is 2.14. The average molecular weight is 313 g/mol. The Balaban J connectivity index is 2.26. The molecule has 1 fully saturated rings. The smallest absolute Gasteiger partial charge is 0.0490 e. The molecule has 1 unspecified atom stereocenters. The van der Waals surface area contributed by atoms with E-state index in [1.165, 1.54) is 21.2 Å². The van der Waals surface area contributed by atoms with E-state index in [-0.39, 0.29) is 6.04 Å². The minimum Gasteiger partial charge on any atom is -0.381 e. The molecule has 1 aromatic carbocycles. The molecule has 0 aromatic heterocycles. The number of nitrogens with two attached hydrogens (primary N) is 1. The van der Waals surface area contributed by atoms with Crippen molar-refractivity contribution in [3.63, 3.8) is 0 Å². The largest absolute Gasteiger partial charge is 0.381 e. The monoisotopic (exact) mass is 312 g/mol. The number of aryl methyl sites for hydroxylation is 2. The van der Waals surface area contributed by atoms with E-state index in [1.54, 1.807) is 0 Å². The highest BCUT2D eigenvalue weighted by atomic mass is 79.9. The van der Waals surface area contributed by atoms with Gasteiger partial charge in [0, 0.05) is 23.7 Å². The number of hydrogen-bond donors (Lipinski definition) is 2. The van der Waals surface area contributed by atoms with Gasteiger partial charge in [0.25, 0.3) is 0 Å². The molecule has 1 aromatic rings. The first-order valence-electron chi connectivity index (χ1n) is 6.44. The molecule has 4 heteroatoms. The summed E-state index contributed by atoms with van der Waals surface area (Å²) in [4.78, 5) is 0. The van der Waals surface area contributed by atoms with Gasteiger partial charge in [0.1, 0.15) is 0 Å². The Morgan fingerprint density at radius 1 is 1.28 bits per heavy atom. The van der Waals surface area contributed by atoms with Crippen molar-refractivity contribution in [2.75, 3.05) is 13.2 Å². The number of nitrogens with one attached hydrogen (secondary N) is 1. The third-order valence-corrected chi connectivity index (χ3v) is 4.99. The molecule has 1 aliphatic rings. The lowest BCUT2D eigenvalue weighted by Crippen LogP contribution is -2.36. The van der Waals surface area contributed by atoms with Gasteiger partial charge in [-0.25, -0.2) is 0 Å². The molecule has 3 nitrogen and oxygen atoms in total. The van der Waals surface area contributed by atoms with Crippen LogP contribution in [0, 0.1) is 19.8 Å². The molecule has 1 atom stereocenters. The third kappa shape index (κ3) is 2.94. The number of hydrogen-bond acceptors (Lipinski definition) is 3. The molecule has 0 bridgehead atoms. The maximum atomic E-state index is 5.77.